The molecule has 0 spiro atoms. The summed E-state index contributed by atoms with van der Waals surface area (Å²) in [7, 11) is 0. The Kier molecular flexibility index (Phi) is 5.22. The van der Waals surface area contributed by atoms with Gasteiger partial charge in [-0.3, -0.25) is 4.90 Å². The highest BCUT2D eigenvalue weighted by Crippen LogP contribution is 2.24. The second-order valence-electron chi connectivity index (χ2n) is 4.83. The first-order chi connectivity index (χ1) is 8.08. The van der Waals surface area contributed by atoms with Crippen LogP contribution in [0.4, 0.5) is 0 Å². The van der Waals surface area contributed by atoms with Crippen LogP contribution < -0.4 is 5.73 Å². The Hall–Kier alpha value is -0.800. The van der Waals surface area contributed by atoms with E-state index >= 15 is 0 Å². The first-order valence-corrected chi connectivity index (χ1v) is 6.60. The Bertz CT molecular complexity index is 306. The lowest BCUT2D eigenvalue weighted by Gasteiger charge is -2.44. The fraction of sp³-hybridized carbons (Fsp3) is 0.714. The monoisotopic (exact) mass is 238 g/mol. The van der Waals surface area contributed by atoms with Crippen molar-refractivity contribution < 1.29 is 4.42 Å². The molecule has 0 aliphatic carbocycles. The zero-order chi connectivity index (χ0) is 12.9. The zero-order valence-electron chi connectivity index (χ0n) is 11.6. The van der Waals surface area contributed by atoms with Gasteiger partial charge in [0.15, 0.2) is 0 Å². The maximum atomic E-state index is 6.42. The lowest BCUT2D eigenvalue weighted by molar-refractivity contribution is 0.0844. The van der Waals surface area contributed by atoms with Gasteiger partial charge in [0.25, 0.3) is 0 Å². The van der Waals surface area contributed by atoms with Crippen LogP contribution in [-0.4, -0.2) is 29.6 Å². The van der Waals surface area contributed by atoms with Gasteiger partial charge < -0.3 is 10.2 Å². The minimum absolute atomic E-state index is 0.0563. The summed E-state index contributed by atoms with van der Waals surface area (Å²) in [6.07, 6.45) is 5.44. The van der Waals surface area contributed by atoms with E-state index in [1.165, 1.54) is 5.56 Å². The topological polar surface area (TPSA) is 42.4 Å². The van der Waals surface area contributed by atoms with Gasteiger partial charge in [-0.05, 0) is 44.5 Å². The average Bonchev–Trinajstić information content (AvgIpc) is 2.82. The van der Waals surface area contributed by atoms with Gasteiger partial charge in [0.05, 0.1) is 12.5 Å². The molecule has 1 aromatic rings. The summed E-state index contributed by atoms with van der Waals surface area (Å²) < 4.78 is 5.11. The van der Waals surface area contributed by atoms with Gasteiger partial charge >= 0.3 is 0 Å². The number of hydrogen-bond acceptors (Lipinski definition) is 3. The predicted octanol–water partition coefficient (Wildman–Crippen LogP) is 2.66. The number of hydrogen-bond donors (Lipinski definition) is 1. The van der Waals surface area contributed by atoms with E-state index in [0.29, 0.717) is 0 Å². The van der Waals surface area contributed by atoms with E-state index < -0.39 is 0 Å². The average molecular weight is 238 g/mol. The third kappa shape index (κ3) is 3.11. The molecule has 0 aromatic carbocycles. The van der Waals surface area contributed by atoms with Crippen molar-refractivity contribution in [3.05, 3.63) is 24.2 Å². The summed E-state index contributed by atoms with van der Waals surface area (Å²) in [5.74, 6) is 0. The van der Waals surface area contributed by atoms with Gasteiger partial charge in [-0.2, -0.15) is 0 Å². The minimum Gasteiger partial charge on any atom is -0.472 e. The molecular formula is C14H26N2O. The zero-order valence-corrected chi connectivity index (χ0v) is 11.6. The molecule has 17 heavy (non-hydrogen) atoms. The first kappa shape index (κ1) is 14.3. The molecule has 2 unspecified atom stereocenters. The van der Waals surface area contributed by atoms with Gasteiger partial charge in [-0.1, -0.05) is 20.8 Å². The third-order valence-electron chi connectivity index (χ3n) is 4.04. The fourth-order valence-corrected chi connectivity index (χ4v) is 2.55. The van der Waals surface area contributed by atoms with Crippen LogP contribution in [0.5, 0.6) is 0 Å². The summed E-state index contributed by atoms with van der Waals surface area (Å²) >= 11 is 0. The van der Waals surface area contributed by atoms with Crippen molar-refractivity contribution in [3.63, 3.8) is 0 Å². The van der Waals surface area contributed by atoms with E-state index in [4.69, 9.17) is 10.2 Å². The normalized spacial score (nSPS) is 17.1. The lowest BCUT2D eigenvalue weighted by atomic mass is 9.84. The quantitative estimate of drug-likeness (QED) is 0.794. The summed E-state index contributed by atoms with van der Waals surface area (Å²) in [6.45, 7) is 11.0. The molecule has 2 atom stereocenters. The van der Waals surface area contributed by atoms with Gasteiger partial charge in [-0.15, -0.1) is 0 Å². The van der Waals surface area contributed by atoms with E-state index in [2.05, 4.69) is 32.6 Å². The Labute approximate surface area is 105 Å². The van der Waals surface area contributed by atoms with Crippen LogP contribution in [0.25, 0.3) is 0 Å². The largest absolute Gasteiger partial charge is 0.472 e. The molecule has 3 heteroatoms. The van der Waals surface area contributed by atoms with Crippen LogP contribution in [0.1, 0.15) is 39.7 Å². The summed E-state index contributed by atoms with van der Waals surface area (Å²) in [5.41, 5.74) is 7.66. The summed E-state index contributed by atoms with van der Waals surface area (Å²) in [6, 6.07) is 2.13. The van der Waals surface area contributed by atoms with Gasteiger partial charge in [-0.25, -0.2) is 0 Å². The molecule has 1 aromatic heterocycles. The van der Waals surface area contributed by atoms with Crippen LogP contribution in [0.3, 0.4) is 0 Å². The Morgan fingerprint density at radius 3 is 2.41 bits per heavy atom. The van der Waals surface area contributed by atoms with Crippen LogP contribution in [0, 0.1) is 0 Å². The van der Waals surface area contributed by atoms with Crippen LogP contribution in [-0.2, 0) is 6.42 Å². The maximum absolute atomic E-state index is 6.42. The molecular weight excluding hydrogens is 212 g/mol. The number of nitrogens with zero attached hydrogens (tertiary/aromatic N) is 1. The maximum Gasteiger partial charge on any atom is 0.0935 e. The molecule has 0 bridgehead atoms. The molecule has 98 valence electrons. The molecule has 0 amide bonds. The number of furan rings is 1. The number of rotatable bonds is 7. The standard InChI is InChI=1S/C14H26N2O/c1-5-14(4,16(6-2)7-3)13(15)10-12-8-9-17-11-12/h8-9,11,13H,5-7,10,15H2,1-4H3. The molecule has 0 aliphatic rings. The molecule has 1 heterocycles. The van der Waals surface area contributed by atoms with E-state index in [0.717, 1.165) is 25.9 Å². The molecule has 1 rings (SSSR count). The summed E-state index contributed by atoms with van der Waals surface area (Å²) in [4.78, 5) is 2.46. The van der Waals surface area contributed by atoms with Crippen molar-refractivity contribution in [2.45, 2.75) is 52.1 Å². The highest BCUT2D eigenvalue weighted by Gasteiger charge is 2.34. The number of nitrogens with two attached hydrogens (primary N) is 1. The molecule has 3 nitrogen and oxygen atoms in total. The summed E-state index contributed by atoms with van der Waals surface area (Å²) in [5, 5.41) is 0. The van der Waals surface area contributed by atoms with E-state index in [9.17, 15) is 0 Å². The van der Waals surface area contributed by atoms with Crippen molar-refractivity contribution in [2.24, 2.45) is 5.73 Å². The fourth-order valence-electron chi connectivity index (χ4n) is 2.55. The molecule has 2 N–H and O–H groups in total. The highest BCUT2D eigenvalue weighted by molar-refractivity contribution is 5.10. The Morgan fingerprint density at radius 2 is 2.00 bits per heavy atom. The lowest BCUT2D eigenvalue weighted by Crippen LogP contribution is -2.58. The van der Waals surface area contributed by atoms with Gasteiger partial charge in [0.1, 0.15) is 0 Å². The second kappa shape index (κ2) is 6.22. The third-order valence-corrected chi connectivity index (χ3v) is 4.04. The van der Waals surface area contributed by atoms with E-state index in [1.54, 1.807) is 12.5 Å². The van der Waals surface area contributed by atoms with Crippen LogP contribution >= 0.6 is 0 Å². The van der Waals surface area contributed by atoms with Crippen molar-refractivity contribution in [3.8, 4) is 0 Å². The Morgan fingerprint density at radius 1 is 1.35 bits per heavy atom. The van der Waals surface area contributed by atoms with Gasteiger partial charge in [0.2, 0.25) is 0 Å². The highest BCUT2D eigenvalue weighted by atomic mass is 16.3. The smallest absolute Gasteiger partial charge is 0.0935 e. The predicted molar refractivity (Wildman–Crippen MR) is 72.0 cm³/mol. The SMILES string of the molecule is CCN(CC)C(C)(CC)C(N)Cc1ccoc1. The molecule has 0 saturated carbocycles. The van der Waals surface area contributed by atoms with Gasteiger partial charge in [0, 0.05) is 11.6 Å². The van der Waals surface area contributed by atoms with E-state index in [1.807, 2.05) is 6.07 Å². The van der Waals surface area contributed by atoms with Crippen LogP contribution in [0.15, 0.2) is 23.0 Å². The number of likely N-dealkylation sites (N-methyl/N-ethyl adjacent to an activating group) is 1. The van der Waals surface area contributed by atoms with Crippen LogP contribution in [0.2, 0.25) is 0 Å². The first-order valence-electron chi connectivity index (χ1n) is 6.60. The van der Waals surface area contributed by atoms with Crippen molar-refractivity contribution in [1.29, 1.82) is 0 Å². The molecule has 0 saturated heterocycles. The van der Waals surface area contributed by atoms with Crippen molar-refractivity contribution in [2.75, 3.05) is 13.1 Å². The van der Waals surface area contributed by atoms with Crippen molar-refractivity contribution in [1.82, 2.24) is 4.90 Å². The second-order valence-corrected chi connectivity index (χ2v) is 4.83. The molecule has 0 fully saturated rings. The molecule has 0 aliphatic heterocycles. The van der Waals surface area contributed by atoms with E-state index in [-0.39, 0.29) is 11.6 Å². The molecule has 0 radical (unpaired) electrons. The Balaban J connectivity index is 2.77. The minimum atomic E-state index is 0.0563. The van der Waals surface area contributed by atoms with Crippen molar-refractivity contribution >= 4 is 0 Å².